The van der Waals surface area contributed by atoms with E-state index in [0.29, 0.717) is 36.9 Å². The van der Waals surface area contributed by atoms with Gasteiger partial charge in [0.25, 0.3) is 0 Å². The molecule has 1 aliphatic rings. The third kappa shape index (κ3) is 3.53. The first kappa shape index (κ1) is 19.6. The second-order valence-electron chi connectivity index (χ2n) is 6.89. The molecule has 0 bridgehead atoms. The van der Waals surface area contributed by atoms with E-state index in [1.54, 1.807) is 6.07 Å². The summed E-state index contributed by atoms with van der Waals surface area (Å²) in [6.45, 7) is 6.14. The molecular formula is C18H25N3O5S. The number of sulfonamides is 1. The van der Waals surface area contributed by atoms with Crippen LogP contribution in [0.4, 0.5) is 0 Å². The second kappa shape index (κ2) is 7.47. The van der Waals surface area contributed by atoms with Crippen LogP contribution in [-0.4, -0.2) is 43.6 Å². The van der Waals surface area contributed by atoms with Gasteiger partial charge in [0.2, 0.25) is 15.9 Å². The Morgan fingerprint density at radius 3 is 2.52 bits per heavy atom. The molecule has 2 heterocycles. The number of benzene rings is 1. The Kier molecular flexibility index (Phi) is 5.43. The summed E-state index contributed by atoms with van der Waals surface area (Å²) in [4.78, 5) is 4.47. The van der Waals surface area contributed by atoms with Crippen LogP contribution in [0.3, 0.4) is 0 Å². The molecule has 148 valence electrons. The quantitative estimate of drug-likeness (QED) is 0.742. The van der Waals surface area contributed by atoms with E-state index in [9.17, 15) is 8.42 Å². The molecule has 1 aromatic heterocycles. The molecule has 9 heteroatoms. The Balaban J connectivity index is 2.03. The summed E-state index contributed by atoms with van der Waals surface area (Å²) < 4.78 is 44.3. The van der Waals surface area contributed by atoms with Gasteiger partial charge in [0.15, 0.2) is 5.82 Å². The Labute approximate surface area is 159 Å². The summed E-state index contributed by atoms with van der Waals surface area (Å²) in [5.41, 5.74) is 0.796. The van der Waals surface area contributed by atoms with E-state index in [-0.39, 0.29) is 16.6 Å². The molecule has 8 nitrogen and oxygen atoms in total. The molecule has 0 N–H and O–H groups in total. The second-order valence-corrected chi connectivity index (χ2v) is 8.75. The first-order valence-corrected chi connectivity index (χ1v) is 10.3. The van der Waals surface area contributed by atoms with Gasteiger partial charge in [0, 0.05) is 18.5 Å². The zero-order chi connectivity index (χ0) is 19.8. The molecule has 3 rings (SSSR count). The molecule has 0 amide bonds. The highest BCUT2D eigenvalue weighted by atomic mass is 32.2. The van der Waals surface area contributed by atoms with E-state index in [0.717, 1.165) is 5.56 Å². The average molecular weight is 395 g/mol. The van der Waals surface area contributed by atoms with Gasteiger partial charge in [-0.25, -0.2) is 8.42 Å². The Hall–Kier alpha value is -2.13. The van der Waals surface area contributed by atoms with Crippen molar-refractivity contribution in [2.75, 3.05) is 20.8 Å². The summed E-state index contributed by atoms with van der Waals surface area (Å²) >= 11 is 0. The monoisotopic (exact) mass is 395 g/mol. The smallest absolute Gasteiger partial charge is 0.247 e. The zero-order valence-corrected chi connectivity index (χ0v) is 17.0. The molecule has 27 heavy (non-hydrogen) atoms. The zero-order valence-electron chi connectivity index (χ0n) is 16.2. The first-order chi connectivity index (χ1) is 12.8. The molecule has 1 saturated heterocycles. The van der Waals surface area contributed by atoms with E-state index < -0.39 is 16.1 Å². The maximum absolute atomic E-state index is 13.4. The van der Waals surface area contributed by atoms with Gasteiger partial charge in [0.1, 0.15) is 22.4 Å². The lowest BCUT2D eigenvalue weighted by molar-refractivity contribution is 0.288. The SMILES string of the molecule is COc1cc(S(=O)(=O)N2CCC[C@H]2c2nc(C(C)C)no2)c(OC)cc1C. The van der Waals surface area contributed by atoms with Crippen LogP contribution in [0.5, 0.6) is 11.5 Å². The summed E-state index contributed by atoms with van der Waals surface area (Å²) in [6.07, 6.45) is 1.35. The van der Waals surface area contributed by atoms with Gasteiger partial charge in [-0.05, 0) is 31.4 Å². The van der Waals surface area contributed by atoms with Crippen molar-refractivity contribution in [3.63, 3.8) is 0 Å². The lowest BCUT2D eigenvalue weighted by atomic mass is 10.2. The standard InChI is InChI=1S/C18H25N3O5S/c1-11(2)17-19-18(26-20-17)13-7-6-8-21(13)27(22,23)16-10-14(24-4)12(3)9-15(16)25-5/h9-11,13H,6-8H2,1-5H3/t13-/m0/s1. The van der Waals surface area contributed by atoms with Crippen molar-refractivity contribution >= 4 is 10.0 Å². The molecule has 0 radical (unpaired) electrons. The molecule has 1 aromatic carbocycles. The van der Waals surface area contributed by atoms with Crippen molar-refractivity contribution in [3.8, 4) is 11.5 Å². The van der Waals surface area contributed by atoms with E-state index in [4.69, 9.17) is 14.0 Å². The van der Waals surface area contributed by atoms with Gasteiger partial charge in [-0.15, -0.1) is 0 Å². The number of methoxy groups -OCH3 is 2. The van der Waals surface area contributed by atoms with Gasteiger partial charge in [-0.3, -0.25) is 0 Å². The van der Waals surface area contributed by atoms with Crippen molar-refractivity contribution in [2.24, 2.45) is 0 Å². The number of aryl methyl sites for hydroxylation is 1. The van der Waals surface area contributed by atoms with Crippen molar-refractivity contribution < 1.29 is 22.4 Å². The van der Waals surface area contributed by atoms with E-state index >= 15 is 0 Å². The third-order valence-electron chi connectivity index (χ3n) is 4.73. The fourth-order valence-corrected chi connectivity index (χ4v) is 5.05. The van der Waals surface area contributed by atoms with Crippen molar-refractivity contribution in [1.82, 2.24) is 14.4 Å². The average Bonchev–Trinajstić information content (AvgIpc) is 3.30. The van der Waals surface area contributed by atoms with Crippen LogP contribution in [0.1, 0.15) is 55.9 Å². The number of ether oxygens (including phenoxy) is 2. The van der Waals surface area contributed by atoms with Gasteiger partial charge in [0.05, 0.1) is 14.2 Å². The Bertz CT molecular complexity index is 923. The molecule has 1 atom stereocenters. The molecule has 0 spiro atoms. The molecule has 0 aliphatic carbocycles. The minimum atomic E-state index is -3.84. The van der Waals surface area contributed by atoms with Crippen LogP contribution in [0.25, 0.3) is 0 Å². The van der Waals surface area contributed by atoms with Crippen LogP contribution < -0.4 is 9.47 Å². The number of rotatable bonds is 6. The minimum Gasteiger partial charge on any atom is -0.496 e. The molecule has 2 aromatic rings. The summed E-state index contributed by atoms with van der Waals surface area (Å²) in [5.74, 6) is 1.79. The number of hydrogen-bond donors (Lipinski definition) is 0. The molecule has 1 aliphatic heterocycles. The highest BCUT2D eigenvalue weighted by Gasteiger charge is 2.41. The maximum Gasteiger partial charge on any atom is 0.247 e. The van der Waals surface area contributed by atoms with Crippen molar-refractivity contribution in [1.29, 1.82) is 0 Å². The van der Waals surface area contributed by atoms with Crippen LogP contribution in [0.15, 0.2) is 21.6 Å². The third-order valence-corrected chi connectivity index (χ3v) is 6.66. The van der Waals surface area contributed by atoms with Crippen LogP contribution in [0.2, 0.25) is 0 Å². The molecule has 0 unspecified atom stereocenters. The fourth-order valence-electron chi connectivity index (χ4n) is 3.24. The van der Waals surface area contributed by atoms with Gasteiger partial charge in [-0.1, -0.05) is 19.0 Å². The lowest BCUT2D eigenvalue weighted by Gasteiger charge is -2.23. The summed E-state index contributed by atoms with van der Waals surface area (Å²) in [7, 11) is -0.876. The minimum absolute atomic E-state index is 0.0722. The van der Waals surface area contributed by atoms with Crippen molar-refractivity contribution in [2.45, 2.75) is 50.5 Å². The molecule has 1 fully saturated rings. The highest BCUT2D eigenvalue weighted by molar-refractivity contribution is 7.89. The molecule has 0 saturated carbocycles. The fraction of sp³-hybridized carbons (Fsp3) is 0.556. The lowest BCUT2D eigenvalue weighted by Crippen LogP contribution is -2.31. The topological polar surface area (TPSA) is 94.8 Å². The van der Waals surface area contributed by atoms with E-state index in [2.05, 4.69) is 10.1 Å². The van der Waals surface area contributed by atoms with Crippen molar-refractivity contribution in [3.05, 3.63) is 29.4 Å². The normalized spacial score (nSPS) is 18.2. The number of hydrogen-bond acceptors (Lipinski definition) is 7. The first-order valence-electron chi connectivity index (χ1n) is 8.87. The summed E-state index contributed by atoms with van der Waals surface area (Å²) in [5, 5.41) is 3.97. The Morgan fingerprint density at radius 1 is 1.22 bits per heavy atom. The van der Waals surface area contributed by atoms with Gasteiger partial charge in [-0.2, -0.15) is 9.29 Å². The number of nitrogens with zero attached hydrogens (tertiary/aromatic N) is 3. The van der Waals surface area contributed by atoms with Crippen LogP contribution in [-0.2, 0) is 10.0 Å². The summed E-state index contributed by atoms with van der Waals surface area (Å²) in [6, 6.07) is 2.69. The predicted octanol–water partition coefficient (Wildman–Crippen LogP) is 3.04. The number of aromatic nitrogens is 2. The molecular weight excluding hydrogens is 370 g/mol. The van der Waals surface area contributed by atoms with E-state index in [1.165, 1.54) is 24.6 Å². The van der Waals surface area contributed by atoms with Gasteiger partial charge >= 0.3 is 0 Å². The predicted molar refractivity (Wildman–Crippen MR) is 98.5 cm³/mol. The Morgan fingerprint density at radius 2 is 1.93 bits per heavy atom. The maximum atomic E-state index is 13.4. The van der Waals surface area contributed by atoms with Crippen LogP contribution in [0, 0.1) is 6.92 Å². The van der Waals surface area contributed by atoms with Gasteiger partial charge < -0.3 is 14.0 Å². The van der Waals surface area contributed by atoms with E-state index in [1.807, 2.05) is 20.8 Å². The largest absolute Gasteiger partial charge is 0.496 e. The van der Waals surface area contributed by atoms with Crippen LogP contribution >= 0.6 is 0 Å². The highest BCUT2D eigenvalue weighted by Crippen LogP contribution is 2.40.